The van der Waals surface area contributed by atoms with Crippen LogP contribution in [0.1, 0.15) is 58.4 Å². The molecular weight excluding hydrogens is 491 g/mol. The molecule has 0 bridgehead atoms. The van der Waals surface area contributed by atoms with Gasteiger partial charge in [0.1, 0.15) is 5.82 Å². The molecule has 0 fully saturated rings. The number of rotatable bonds is 6. The van der Waals surface area contributed by atoms with E-state index < -0.39 is 5.54 Å². The molecule has 1 N–H and O–H groups in total. The molecule has 0 spiro atoms. The van der Waals surface area contributed by atoms with Crippen LogP contribution in [-0.4, -0.2) is 29.0 Å². The molecule has 2 aliphatic rings. The van der Waals surface area contributed by atoms with Gasteiger partial charge in [-0.05, 0) is 92.8 Å². The van der Waals surface area contributed by atoms with E-state index in [0.717, 1.165) is 23.4 Å². The van der Waals surface area contributed by atoms with Crippen molar-refractivity contribution >= 4 is 23.2 Å². The Labute approximate surface area is 228 Å². The number of fused-ring (bicyclic) bond motifs is 1. The number of aryl methyl sites for hydroxylation is 3. The number of hydrogen-bond acceptors (Lipinski definition) is 4. The zero-order valence-corrected chi connectivity index (χ0v) is 23.0. The highest BCUT2D eigenvalue weighted by Gasteiger charge is 2.34. The van der Waals surface area contributed by atoms with Crippen LogP contribution in [0.5, 0.6) is 0 Å². The number of amides is 2. The molecule has 6 nitrogen and oxygen atoms in total. The van der Waals surface area contributed by atoms with E-state index in [1.54, 1.807) is 19.1 Å². The molecule has 0 atom stereocenters. The molecular formula is C32H33FN4O2. The highest BCUT2D eigenvalue weighted by atomic mass is 19.1. The zero-order valence-electron chi connectivity index (χ0n) is 23.0. The summed E-state index contributed by atoms with van der Waals surface area (Å²) in [5, 5.41) is 9.01. The molecule has 3 aromatic carbocycles. The summed E-state index contributed by atoms with van der Waals surface area (Å²) in [6.07, 6.45) is 2.50. The first-order chi connectivity index (χ1) is 18.5. The lowest BCUT2D eigenvalue weighted by molar-refractivity contribution is -0.114. The Morgan fingerprint density at radius 1 is 0.974 bits per heavy atom. The van der Waals surface area contributed by atoms with Crippen LogP contribution in [0.25, 0.3) is 0 Å². The third kappa shape index (κ3) is 5.35. The standard InChI is InChI=1S/C32H33FN4O2/c1-20-6-11-25(16-21(20)2)32(4,5)34-30(38)24-9-7-23(8-10-24)18-36-15-14-29-27(19-36)31(39)37(35-29)26-12-13-28(33)22(3)17-26/h6-13,16-17,19H,14-15,18H2,1-5H3,(H,34,38). The Balaban J connectivity index is 1.24. The molecule has 0 saturated carbocycles. The lowest BCUT2D eigenvalue weighted by Crippen LogP contribution is -2.41. The molecule has 0 saturated heterocycles. The first-order valence-corrected chi connectivity index (χ1v) is 13.2. The number of hydrogen-bond donors (Lipinski definition) is 1. The van der Waals surface area contributed by atoms with E-state index in [0.29, 0.717) is 35.4 Å². The number of hydrazone groups is 1. The highest BCUT2D eigenvalue weighted by Crippen LogP contribution is 2.29. The molecule has 2 aliphatic heterocycles. The van der Waals surface area contributed by atoms with E-state index >= 15 is 0 Å². The summed E-state index contributed by atoms with van der Waals surface area (Å²) in [5.74, 6) is -0.646. The van der Waals surface area contributed by atoms with Crippen LogP contribution in [0.15, 0.2) is 77.5 Å². The lowest BCUT2D eigenvalue weighted by Gasteiger charge is -2.28. The average Bonchev–Trinajstić information content (AvgIpc) is 3.23. The minimum atomic E-state index is -0.512. The summed E-state index contributed by atoms with van der Waals surface area (Å²) in [4.78, 5) is 28.2. The van der Waals surface area contributed by atoms with Crippen LogP contribution in [0.4, 0.5) is 10.1 Å². The molecule has 200 valence electrons. The number of benzene rings is 3. The van der Waals surface area contributed by atoms with Crippen molar-refractivity contribution in [2.45, 2.75) is 53.1 Å². The van der Waals surface area contributed by atoms with Gasteiger partial charge in [0.25, 0.3) is 11.8 Å². The molecule has 0 radical (unpaired) electrons. The number of nitrogens with one attached hydrogen (secondary N) is 1. The average molecular weight is 525 g/mol. The second-order valence-corrected chi connectivity index (χ2v) is 10.9. The van der Waals surface area contributed by atoms with Crippen molar-refractivity contribution < 1.29 is 14.0 Å². The zero-order chi connectivity index (χ0) is 27.9. The first kappa shape index (κ1) is 26.4. The molecule has 0 unspecified atom stereocenters. The number of carbonyl (C=O) groups excluding carboxylic acids is 2. The molecule has 39 heavy (non-hydrogen) atoms. The smallest absolute Gasteiger partial charge is 0.282 e. The normalized spacial score (nSPS) is 15.2. The second kappa shape index (κ2) is 10.1. The van der Waals surface area contributed by atoms with Crippen molar-refractivity contribution in [2.24, 2.45) is 5.10 Å². The van der Waals surface area contributed by atoms with Gasteiger partial charge in [0.05, 0.1) is 22.5 Å². The largest absolute Gasteiger partial charge is 0.372 e. The Bertz CT molecular complexity index is 1520. The Morgan fingerprint density at radius 3 is 2.41 bits per heavy atom. The Morgan fingerprint density at radius 2 is 1.72 bits per heavy atom. The maximum absolute atomic E-state index is 13.7. The van der Waals surface area contributed by atoms with Crippen molar-refractivity contribution in [1.29, 1.82) is 0 Å². The quantitative estimate of drug-likeness (QED) is 0.436. The van der Waals surface area contributed by atoms with Crippen LogP contribution in [0.2, 0.25) is 0 Å². The predicted octanol–water partition coefficient (Wildman–Crippen LogP) is 5.91. The molecule has 0 aromatic heterocycles. The van der Waals surface area contributed by atoms with Crippen molar-refractivity contribution in [3.63, 3.8) is 0 Å². The van der Waals surface area contributed by atoms with E-state index in [1.165, 1.54) is 22.2 Å². The minimum Gasteiger partial charge on any atom is -0.372 e. The Kier molecular flexibility index (Phi) is 6.85. The molecule has 2 amide bonds. The fraction of sp³-hybridized carbons (Fsp3) is 0.281. The fourth-order valence-corrected chi connectivity index (χ4v) is 4.88. The summed E-state index contributed by atoms with van der Waals surface area (Å²) in [6.45, 7) is 11.2. The summed E-state index contributed by atoms with van der Waals surface area (Å²) < 4.78 is 13.7. The van der Waals surface area contributed by atoms with E-state index in [4.69, 9.17) is 0 Å². The predicted molar refractivity (Wildman–Crippen MR) is 152 cm³/mol. The van der Waals surface area contributed by atoms with Crippen LogP contribution in [0.3, 0.4) is 0 Å². The van der Waals surface area contributed by atoms with Crippen molar-refractivity contribution in [3.8, 4) is 0 Å². The molecule has 5 rings (SSSR count). The van der Waals surface area contributed by atoms with Crippen molar-refractivity contribution in [2.75, 3.05) is 11.6 Å². The van der Waals surface area contributed by atoms with Crippen LogP contribution in [0, 0.1) is 26.6 Å². The highest BCUT2D eigenvalue weighted by molar-refractivity contribution is 6.30. The second-order valence-electron chi connectivity index (χ2n) is 10.9. The van der Waals surface area contributed by atoms with E-state index in [1.807, 2.05) is 44.3 Å². The van der Waals surface area contributed by atoms with Gasteiger partial charge in [-0.15, -0.1) is 0 Å². The number of carbonyl (C=O) groups is 2. The maximum Gasteiger partial charge on any atom is 0.282 e. The van der Waals surface area contributed by atoms with Gasteiger partial charge in [0.15, 0.2) is 0 Å². The topological polar surface area (TPSA) is 65.0 Å². The maximum atomic E-state index is 13.7. The summed E-state index contributed by atoms with van der Waals surface area (Å²) in [6, 6.07) is 18.4. The number of anilines is 1. The molecule has 3 aromatic rings. The molecule has 2 heterocycles. The van der Waals surface area contributed by atoms with Gasteiger partial charge < -0.3 is 10.2 Å². The fourth-order valence-electron chi connectivity index (χ4n) is 4.88. The van der Waals surface area contributed by atoms with Gasteiger partial charge in [-0.1, -0.05) is 30.3 Å². The van der Waals surface area contributed by atoms with Gasteiger partial charge >= 0.3 is 0 Å². The van der Waals surface area contributed by atoms with Gasteiger partial charge in [-0.25, -0.2) is 4.39 Å². The van der Waals surface area contributed by atoms with E-state index in [2.05, 4.69) is 47.4 Å². The number of nitrogens with zero attached hydrogens (tertiary/aromatic N) is 3. The molecule has 0 aliphatic carbocycles. The van der Waals surface area contributed by atoms with Crippen LogP contribution < -0.4 is 10.3 Å². The van der Waals surface area contributed by atoms with Gasteiger partial charge in [-0.3, -0.25) is 9.59 Å². The Hall–Kier alpha value is -4.26. The molecule has 7 heteroatoms. The van der Waals surface area contributed by atoms with Crippen molar-refractivity contribution in [3.05, 3.63) is 112 Å². The van der Waals surface area contributed by atoms with Gasteiger partial charge in [0, 0.05) is 31.3 Å². The van der Waals surface area contributed by atoms with E-state index in [9.17, 15) is 14.0 Å². The van der Waals surface area contributed by atoms with Crippen molar-refractivity contribution in [1.82, 2.24) is 10.2 Å². The van der Waals surface area contributed by atoms with E-state index in [-0.39, 0.29) is 17.6 Å². The van der Waals surface area contributed by atoms with Gasteiger partial charge in [-0.2, -0.15) is 10.1 Å². The van der Waals surface area contributed by atoms with Gasteiger partial charge in [0.2, 0.25) is 0 Å². The summed E-state index contributed by atoms with van der Waals surface area (Å²) >= 11 is 0. The number of halogens is 1. The third-order valence-electron chi connectivity index (χ3n) is 7.54. The van der Waals surface area contributed by atoms with Crippen LogP contribution >= 0.6 is 0 Å². The minimum absolute atomic E-state index is 0.126. The first-order valence-electron chi connectivity index (χ1n) is 13.2. The monoisotopic (exact) mass is 524 g/mol. The lowest BCUT2D eigenvalue weighted by atomic mass is 9.91. The summed E-state index contributed by atoms with van der Waals surface area (Å²) in [7, 11) is 0. The summed E-state index contributed by atoms with van der Waals surface area (Å²) in [5.41, 5.74) is 6.94. The SMILES string of the molecule is Cc1ccc(C(C)(C)NC(=O)c2ccc(CN3C=C4C(=O)N(c5ccc(F)c(C)c5)N=C4CC3)cc2)cc1C. The third-order valence-corrected chi connectivity index (χ3v) is 7.54. The van der Waals surface area contributed by atoms with Crippen LogP contribution in [-0.2, 0) is 16.9 Å².